The summed E-state index contributed by atoms with van der Waals surface area (Å²) in [6.07, 6.45) is 0.962. The Balaban J connectivity index is 1.85. The van der Waals surface area contributed by atoms with Crippen LogP contribution in [0.5, 0.6) is 0 Å². The fourth-order valence-corrected chi connectivity index (χ4v) is 1.92. The van der Waals surface area contributed by atoms with E-state index in [1.807, 2.05) is 48.5 Å². The highest BCUT2D eigenvalue weighted by atomic mass is 35.5. The molecule has 0 aliphatic heterocycles. The van der Waals surface area contributed by atoms with Crippen molar-refractivity contribution in [2.45, 2.75) is 6.42 Å². The predicted octanol–water partition coefficient (Wildman–Crippen LogP) is 4.65. The first-order valence-corrected chi connectivity index (χ1v) is 6.23. The van der Waals surface area contributed by atoms with E-state index in [-0.39, 0.29) is 0 Å². The van der Waals surface area contributed by atoms with Gasteiger partial charge in [0.25, 0.3) is 0 Å². The minimum Gasteiger partial charge on any atom is -0.385 e. The molecule has 0 radical (unpaired) electrons. The van der Waals surface area contributed by atoms with Crippen molar-refractivity contribution < 1.29 is 0 Å². The molecule has 0 aliphatic rings. The first-order chi connectivity index (χ1) is 8.24. The molecule has 0 atom stereocenters. The highest BCUT2D eigenvalue weighted by Gasteiger charge is 1.95. The van der Waals surface area contributed by atoms with Crippen LogP contribution in [0.1, 0.15) is 5.56 Å². The molecule has 0 saturated carbocycles. The van der Waals surface area contributed by atoms with Gasteiger partial charge in [0.15, 0.2) is 0 Å². The van der Waals surface area contributed by atoms with Gasteiger partial charge in [-0.25, -0.2) is 0 Å². The largest absolute Gasteiger partial charge is 0.385 e. The summed E-state index contributed by atoms with van der Waals surface area (Å²) in [5.74, 6) is 0. The molecule has 0 heterocycles. The van der Waals surface area contributed by atoms with Gasteiger partial charge in [-0.15, -0.1) is 0 Å². The summed E-state index contributed by atoms with van der Waals surface area (Å²) in [7, 11) is 0. The van der Waals surface area contributed by atoms with Crippen molar-refractivity contribution in [2.75, 3.05) is 11.9 Å². The molecule has 3 heteroatoms. The zero-order valence-corrected chi connectivity index (χ0v) is 10.8. The summed E-state index contributed by atoms with van der Waals surface area (Å²) in [6, 6.07) is 15.6. The SMILES string of the molecule is Clc1ccc(CCNc2cccc(Cl)c2)cc1. The van der Waals surface area contributed by atoms with Gasteiger partial charge in [-0.05, 0) is 42.3 Å². The van der Waals surface area contributed by atoms with Crippen molar-refractivity contribution in [1.29, 1.82) is 0 Å². The van der Waals surface area contributed by atoms with Gasteiger partial charge in [0.2, 0.25) is 0 Å². The summed E-state index contributed by atoms with van der Waals surface area (Å²) < 4.78 is 0. The van der Waals surface area contributed by atoms with Crippen molar-refractivity contribution in [3.8, 4) is 0 Å². The Morgan fingerprint density at radius 3 is 2.35 bits per heavy atom. The number of benzene rings is 2. The van der Waals surface area contributed by atoms with Crippen LogP contribution in [0.3, 0.4) is 0 Å². The number of anilines is 1. The van der Waals surface area contributed by atoms with E-state index in [1.54, 1.807) is 0 Å². The molecule has 2 rings (SSSR count). The lowest BCUT2D eigenvalue weighted by Crippen LogP contribution is -2.04. The van der Waals surface area contributed by atoms with Gasteiger partial charge < -0.3 is 5.32 Å². The van der Waals surface area contributed by atoms with E-state index >= 15 is 0 Å². The summed E-state index contributed by atoms with van der Waals surface area (Å²) in [5, 5.41) is 4.86. The Kier molecular flexibility index (Phi) is 4.29. The van der Waals surface area contributed by atoms with E-state index < -0.39 is 0 Å². The average molecular weight is 266 g/mol. The lowest BCUT2D eigenvalue weighted by Gasteiger charge is -2.06. The normalized spacial score (nSPS) is 10.2. The standard InChI is InChI=1S/C14H13Cl2N/c15-12-6-4-11(5-7-12)8-9-17-14-3-1-2-13(16)10-14/h1-7,10,17H,8-9H2. The maximum absolute atomic E-state index is 5.90. The van der Waals surface area contributed by atoms with Gasteiger partial charge in [-0.1, -0.05) is 41.4 Å². The predicted molar refractivity (Wildman–Crippen MR) is 75.1 cm³/mol. The van der Waals surface area contributed by atoms with E-state index in [0.717, 1.165) is 28.7 Å². The zero-order chi connectivity index (χ0) is 12.1. The third-order valence-corrected chi connectivity index (χ3v) is 2.97. The van der Waals surface area contributed by atoms with Crippen LogP contribution in [0.2, 0.25) is 10.0 Å². The minimum absolute atomic E-state index is 0.751. The molecule has 0 unspecified atom stereocenters. The summed E-state index contributed by atoms with van der Waals surface area (Å²) in [5.41, 5.74) is 2.32. The zero-order valence-electron chi connectivity index (χ0n) is 9.29. The second-order valence-corrected chi connectivity index (χ2v) is 4.69. The molecule has 2 aromatic carbocycles. The molecular formula is C14H13Cl2N. The van der Waals surface area contributed by atoms with E-state index in [0.29, 0.717) is 0 Å². The van der Waals surface area contributed by atoms with Gasteiger partial charge in [-0.2, -0.15) is 0 Å². The molecule has 0 aromatic heterocycles. The number of halogens is 2. The average Bonchev–Trinajstić information content (AvgIpc) is 2.32. The quantitative estimate of drug-likeness (QED) is 0.849. The molecule has 0 bridgehead atoms. The molecule has 17 heavy (non-hydrogen) atoms. The number of rotatable bonds is 4. The number of hydrogen-bond donors (Lipinski definition) is 1. The smallest absolute Gasteiger partial charge is 0.0426 e. The highest BCUT2D eigenvalue weighted by Crippen LogP contribution is 2.15. The number of nitrogens with one attached hydrogen (secondary N) is 1. The maximum Gasteiger partial charge on any atom is 0.0426 e. The summed E-state index contributed by atoms with van der Waals surface area (Å²) >= 11 is 11.7. The number of hydrogen-bond acceptors (Lipinski definition) is 1. The van der Waals surface area contributed by atoms with Crippen molar-refractivity contribution in [1.82, 2.24) is 0 Å². The van der Waals surface area contributed by atoms with Gasteiger partial charge in [-0.3, -0.25) is 0 Å². The molecule has 1 N–H and O–H groups in total. The van der Waals surface area contributed by atoms with Crippen molar-refractivity contribution in [3.63, 3.8) is 0 Å². The Morgan fingerprint density at radius 1 is 0.882 bits per heavy atom. The van der Waals surface area contributed by atoms with E-state index in [2.05, 4.69) is 5.32 Å². The Morgan fingerprint density at radius 2 is 1.65 bits per heavy atom. The molecule has 0 aliphatic carbocycles. The third-order valence-electron chi connectivity index (χ3n) is 2.48. The van der Waals surface area contributed by atoms with Crippen LogP contribution in [0.4, 0.5) is 5.69 Å². The first kappa shape index (κ1) is 12.3. The van der Waals surface area contributed by atoms with Crippen LogP contribution >= 0.6 is 23.2 Å². The Hall–Kier alpha value is -1.18. The van der Waals surface area contributed by atoms with Crippen molar-refractivity contribution in [3.05, 3.63) is 64.1 Å². The second-order valence-electron chi connectivity index (χ2n) is 3.81. The molecule has 1 nitrogen and oxygen atoms in total. The molecule has 2 aromatic rings. The van der Waals surface area contributed by atoms with Crippen LogP contribution in [-0.2, 0) is 6.42 Å². The van der Waals surface area contributed by atoms with Crippen LogP contribution in [0.25, 0.3) is 0 Å². The highest BCUT2D eigenvalue weighted by molar-refractivity contribution is 6.31. The van der Waals surface area contributed by atoms with Gasteiger partial charge in [0, 0.05) is 22.3 Å². The third kappa shape index (κ3) is 3.95. The van der Waals surface area contributed by atoms with Crippen LogP contribution in [0.15, 0.2) is 48.5 Å². The monoisotopic (exact) mass is 265 g/mol. The lowest BCUT2D eigenvalue weighted by atomic mass is 10.1. The van der Waals surface area contributed by atoms with Gasteiger partial charge in [0.05, 0.1) is 0 Å². The van der Waals surface area contributed by atoms with Crippen LogP contribution in [-0.4, -0.2) is 6.54 Å². The molecular weight excluding hydrogens is 253 g/mol. The second kappa shape index (κ2) is 5.95. The van der Waals surface area contributed by atoms with E-state index in [9.17, 15) is 0 Å². The summed E-state index contributed by atoms with van der Waals surface area (Å²) in [4.78, 5) is 0. The molecule has 0 amide bonds. The molecule has 88 valence electrons. The first-order valence-electron chi connectivity index (χ1n) is 5.48. The van der Waals surface area contributed by atoms with Crippen molar-refractivity contribution >= 4 is 28.9 Å². The Bertz CT molecular complexity index is 480. The minimum atomic E-state index is 0.751. The van der Waals surface area contributed by atoms with Gasteiger partial charge >= 0.3 is 0 Å². The maximum atomic E-state index is 5.90. The topological polar surface area (TPSA) is 12.0 Å². The van der Waals surface area contributed by atoms with Crippen molar-refractivity contribution in [2.24, 2.45) is 0 Å². The summed E-state index contributed by atoms with van der Waals surface area (Å²) in [6.45, 7) is 0.877. The fraction of sp³-hybridized carbons (Fsp3) is 0.143. The van der Waals surface area contributed by atoms with Crippen LogP contribution < -0.4 is 5.32 Å². The van der Waals surface area contributed by atoms with E-state index in [4.69, 9.17) is 23.2 Å². The molecule has 0 saturated heterocycles. The molecule has 0 fully saturated rings. The van der Waals surface area contributed by atoms with E-state index in [1.165, 1.54) is 5.56 Å². The fourth-order valence-electron chi connectivity index (χ4n) is 1.60. The molecule has 0 spiro atoms. The van der Waals surface area contributed by atoms with Crippen LogP contribution in [0, 0.1) is 0 Å². The Labute approximate surface area is 111 Å². The van der Waals surface area contributed by atoms with Gasteiger partial charge in [0.1, 0.15) is 0 Å². The lowest BCUT2D eigenvalue weighted by molar-refractivity contribution is 1.02.